The molecule has 0 bridgehead atoms. The Kier molecular flexibility index (Phi) is 5.78. The van der Waals surface area contributed by atoms with Crippen LogP contribution in [0.2, 0.25) is 0 Å². The van der Waals surface area contributed by atoms with Crippen LogP contribution < -0.4 is 5.32 Å². The summed E-state index contributed by atoms with van der Waals surface area (Å²) in [6.07, 6.45) is -4.51. The predicted molar refractivity (Wildman–Crippen MR) is 62.8 cm³/mol. The molecular weight excluding hydrogens is 263 g/mol. The van der Waals surface area contributed by atoms with Crippen molar-refractivity contribution >= 4 is 11.6 Å². The lowest BCUT2D eigenvalue weighted by Crippen LogP contribution is -2.21. The van der Waals surface area contributed by atoms with E-state index in [1.165, 1.54) is 25.3 Å². The predicted octanol–water partition coefficient (Wildman–Crippen LogP) is 2.31. The summed E-state index contributed by atoms with van der Waals surface area (Å²) >= 11 is 0. The molecular formula is C12H14F3NO3. The van der Waals surface area contributed by atoms with E-state index in [1.54, 1.807) is 0 Å². The van der Waals surface area contributed by atoms with Crippen LogP contribution in [0.25, 0.3) is 0 Å². The van der Waals surface area contributed by atoms with Crippen LogP contribution in [0, 0.1) is 0 Å². The highest BCUT2D eigenvalue weighted by Gasteiger charge is 2.33. The molecule has 106 valence electrons. The summed E-state index contributed by atoms with van der Waals surface area (Å²) in [4.78, 5) is 11.4. The number of anilines is 1. The maximum atomic E-state index is 12.7. The largest absolute Gasteiger partial charge is 0.418 e. The number of rotatable bonds is 6. The number of hydrogen-bond donors (Lipinski definition) is 1. The molecule has 0 atom stereocenters. The number of methoxy groups -OCH3 is 1. The van der Waals surface area contributed by atoms with Crippen molar-refractivity contribution in [1.82, 2.24) is 0 Å². The fourth-order valence-electron chi connectivity index (χ4n) is 1.33. The van der Waals surface area contributed by atoms with Gasteiger partial charge in [-0.25, -0.2) is 0 Å². The minimum Gasteiger partial charge on any atom is -0.382 e. The standard InChI is InChI=1S/C12H14F3NO3/c1-18-6-7-19-8-11(17)16-10-5-3-2-4-9(10)12(13,14)15/h2-5H,6-8H2,1H3,(H,16,17). The minimum atomic E-state index is -4.51. The maximum absolute atomic E-state index is 12.7. The molecule has 0 radical (unpaired) electrons. The summed E-state index contributed by atoms with van der Waals surface area (Å²) in [5, 5.41) is 2.17. The van der Waals surface area contributed by atoms with Crippen molar-refractivity contribution < 1.29 is 27.4 Å². The Morgan fingerprint density at radius 1 is 1.26 bits per heavy atom. The van der Waals surface area contributed by atoms with Gasteiger partial charge in [-0.15, -0.1) is 0 Å². The third-order valence-corrected chi connectivity index (χ3v) is 2.17. The van der Waals surface area contributed by atoms with Gasteiger partial charge in [-0.05, 0) is 12.1 Å². The highest BCUT2D eigenvalue weighted by Crippen LogP contribution is 2.34. The molecule has 4 nitrogen and oxygen atoms in total. The van der Waals surface area contributed by atoms with Crippen LogP contribution in [-0.2, 0) is 20.4 Å². The van der Waals surface area contributed by atoms with E-state index in [2.05, 4.69) is 5.32 Å². The van der Waals surface area contributed by atoms with E-state index >= 15 is 0 Å². The number of para-hydroxylation sites is 1. The molecule has 0 aliphatic heterocycles. The summed E-state index contributed by atoms with van der Waals surface area (Å²) in [6.45, 7) is 0.187. The Hall–Kier alpha value is -1.60. The highest BCUT2D eigenvalue weighted by molar-refractivity contribution is 5.92. The normalized spacial score (nSPS) is 11.4. The first-order chi connectivity index (χ1) is 8.95. The van der Waals surface area contributed by atoms with Crippen LogP contribution in [0.4, 0.5) is 18.9 Å². The lowest BCUT2D eigenvalue weighted by Gasteiger charge is -2.13. The van der Waals surface area contributed by atoms with Crippen molar-refractivity contribution in [3.8, 4) is 0 Å². The molecule has 0 saturated carbocycles. The zero-order valence-electron chi connectivity index (χ0n) is 10.3. The molecule has 1 amide bonds. The van der Waals surface area contributed by atoms with Crippen molar-refractivity contribution in [2.45, 2.75) is 6.18 Å². The van der Waals surface area contributed by atoms with Gasteiger partial charge in [0.05, 0.1) is 24.5 Å². The molecule has 1 aromatic carbocycles. The average molecular weight is 277 g/mol. The van der Waals surface area contributed by atoms with Crippen molar-refractivity contribution in [2.24, 2.45) is 0 Å². The second-order valence-corrected chi connectivity index (χ2v) is 3.64. The monoisotopic (exact) mass is 277 g/mol. The number of benzene rings is 1. The Morgan fingerprint density at radius 3 is 2.58 bits per heavy atom. The maximum Gasteiger partial charge on any atom is 0.418 e. The van der Waals surface area contributed by atoms with Crippen LogP contribution in [-0.4, -0.2) is 32.8 Å². The number of alkyl halides is 3. The number of carbonyl (C=O) groups is 1. The number of amides is 1. The quantitative estimate of drug-likeness (QED) is 0.812. The lowest BCUT2D eigenvalue weighted by molar-refractivity contribution is -0.137. The molecule has 1 aromatic rings. The van der Waals surface area contributed by atoms with Gasteiger partial charge >= 0.3 is 6.18 Å². The molecule has 1 rings (SSSR count). The van der Waals surface area contributed by atoms with Crippen LogP contribution in [0.1, 0.15) is 5.56 Å². The van der Waals surface area contributed by atoms with Gasteiger partial charge in [0.1, 0.15) is 6.61 Å². The first-order valence-electron chi connectivity index (χ1n) is 5.48. The molecule has 0 aliphatic carbocycles. The minimum absolute atomic E-state index is 0.199. The molecule has 0 heterocycles. The first kappa shape index (κ1) is 15.5. The van der Waals surface area contributed by atoms with Gasteiger partial charge in [-0.2, -0.15) is 13.2 Å². The summed E-state index contributed by atoms with van der Waals surface area (Å²) < 4.78 is 47.6. The first-order valence-corrected chi connectivity index (χ1v) is 5.48. The van der Waals surface area contributed by atoms with Crippen LogP contribution >= 0.6 is 0 Å². The number of ether oxygens (including phenoxy) is 2. The summed E-state index contributed by atoms with van der Waals surface area (Å²) in [5.74, 6) is -0.646. The topological polar surface area (TPSA) is 47.6 Å². The van der Waals surface area contributed by atoms with Crippen molar-refractivity contribution in [1.29, 1.82) is 0 Å². The fourth-order valence-corrected chi connectivity index (χ4v) is 1.33. The van der Waals surface area contributed by atoms with E-state index in [0.29, 0.717) is 6.61 Å². The van der Waals surface area contributed by atoms with Gasteiger partial charge in [0.2, 0.25) is 5.91 Å². The number of carbonyl (C=O) groups excluding carboxylic acids is 1. The van der Waals surface area contributed by atoms with Gasteiger partial charge < -0.3 is 14.8 Å². The molecule has 0 unspecified atom stereocenters. The molecule has 0 aliphatic rings. The van der Waals surface area contributed by atoms with Gasteiger partial charge in [-0.3, -0.25) is 4.79 Å². The van der Waals surface area contributed by atoms with Gasteiger partial charge in [0.25, 0.3) is 0 Å². The molecule has 0 aromatic heterocycles. The van der Waals surface area contributed by atoms with Gasteiger partial charge in [0, 0.05) is 7.11 Å². The molecule has 0 saturated heterocycles. The highest BCUT2D eigenvalue weighted by atomic mass is 19.4. The van der Waals surface area contributed by atoms with Gasteiger partial charge in [0.15, 0.2) is 0 Å². The lowest BCUT2D eigenvalue weighted by atomic mass is 10.1. The second kappa shape index (κ2) is 7.10. The number of nitrogens with one attached hydrogen (secondary N) is 1. The molecule has 19 heavy (non-hydrogen) atoms. The summed E-state index contributed by atoms with van der Waals surface area (Å²) in [7, 11) is 1.48. The van der Waals surface area contributed by atoms with Crippen molar-refractivity contribution in [2.75, 3.05) is 32.2 Å². The van der Waals surface area contributed by atoms with E-state index < -0.39 is 17.6 Å². The van der Waals surface area contributed by atoms with Crippen molar-refractivity contribution in [3.63, 3.8) is 0 Å². The van der Waals surface area contributed by atoms with E-state index in [1.807, 2.05) is 0 Å². The summed E-state index contributed by atoms with van der Waals surface area (Å²) in [6, 6.07) is 4.77. The van der Waals surface area contributed by atoms with E-state index in [4.69, 9.17) is 9.47 Å². The Morgan fingerprint density at radius 2 is 1.95 bits per heavy atom. The fraction of sp³-hybridized carbons (Fsp3) is 0.417. The second-order valence-electron chi connectivity index (χ2n) is 3.64. The molecule has 0 fully saturated rings. The third-order valence-electron chi connectivity index (χ3n) is 2.17. The average Bonchev–Trinajstić information content (AvgIpc) is 2.34. The van der Waals surface area contributed by atoms with Crippen LogP contribution in [0.3, 0.4) is 0 Å². The van der Waals surface area contributed by atoms with E-state index in [0.717, 1.165) is 6.07 Å². The van der Waals surface area contributed by atoms with E-state index in [9.17, 15) is 18.0 Å². The third kappa shape index (κ3) is 5.27. The Labute approximate surface area is 108 Å². The van der Waals surface area contributed by atoms with Crippen molar-refractivity contribution in [3.05, 3.63) is 29.8 Å². The zero-order valence-corrected chi connectivity index (χ0v) is 10.3. The SMILES string of the molecule is COCCOCC(=O)Nc1ccccc1C(F)(F)F. The van der Waals surface area contributed by atoms with Gasteiger partial charge in [-0.1, -0.05) is 12.1 Å². The molecule has 7 heteroatoms. The molecule has 0 spiro atoms. The Balaban J connectivity index is 2.59. The zero-order chi connectivity index (χ0) is 14.3. The van der Waals surface area contributed by atoms with Crippen LogP contribution in [0.15, 0.2) is 24.3 Å². The number of hydrogen-bond acceptors (Lipinski definition) is 3. The number of halogens is 3. The Bertz CT molecular complexity index is 421. The smallest absolute Gasteiger partial charge is 0.382 e. The summed E-state index contributed by atoms with van der Waals surface area (Å²) in [5.41, 5.74) is -1.17. The van der Waals surface area contributed by atoms with Crippen LogP contribution in [0.5, 0.6) is 0 Å². The molecule has 1 N–H and O–H groups in total. The van der Waals surface area contributed by atoms with E-state index in [-0.39, 0.29) is 18.9 Å².